The van der Waals surface area contributed by atoms with E-state index < -0.39 is 0 Å². The van der Waals surface area contributed by atoms with E-state index in [1.807, 2.05) is 12.1 Å². The Balaban J connectivity index is 1.93. The van der Waals surface area contributed by atoms with Gasteiger partial charge in [-0.05, 0) is 31.0 Å². The van der Waals surface area contributed by atoms with E-state index in [9.17, 15) is 0 Å². The van der Waals surface area contributed by atoms with Gasteiger partial charge in [0, 0.05) is 17.1 Å². The molecule has 0 aromatic heterocycles. The van der Waals surface area contributed by atoms with E-state index in [1.54, 1.807) is 0 Å². The van der Waals surface area contributed by atoms with E-state index in [1.165, 1.54) is 5.56 Å². The zero-order valence-corrected chi connectivity index (χ0v) is 9.63. The molecule has 1 N–H and O–H groups in total. The number of nitrogens with one attached hydrogen (secondary N) is 1. The summed E-state index contributed by atoms with van der Waals surface area (Å²) in [5.41, 5.74) is 1.30. The van der Waals surface area contributed by atoms with Gasteiger partial charge in [0.1, 0.15) is 0 Å². The second-order valence-corrected chi connectivity index (χ2v) is 4.57. The summed E-state index contributed by atoms with van der Waals surface area (Å²) in [5, 5.41) is 4.31. The van der Waals surface area contributed by atoms with E-state index in [-0.39, 0.29) is 0 Å². The van der Waals surface area contributed by atoms with Crippen molar-refractivity contribution in [1.29, 1.82) is 0 Å². The van der Waals surface area contributed by atoms with Crippen LogP contribution in [-0.2, 0) is 11.2 Å². The Morgan fingerprint density at radius 3 is 2.73 bits per heavy atom. The van der Waals surface area contributed by atoms with E-state index in [0.29, 0.717) is 12.1 Å². The molecule has 2 rings (SSSR count). The van der Waals surface area contributed by atoms with Gasteiger partial charge >= 0.3 is 0 Å². The standard InChI is InChI=1S/C12H16ClNO/c1-9-7-15-8-12(14-9)6-10-2-4-11(13)5-3-10/h2-5,9,12,14H,6-8H2,1H3. The largest absolute Gasteiger partial charge is 0.378 e. The third kappa shape index (κ3) is 3.20. The van der Waals surface area contributed by atoms with Gasteiger partial charge in [0.15, 0.2) is 0 Å². The number of morpholine rings is 1. The lowest BCUT2D eigenvalue weighted by Gasteiger charge is -2.29. The van der Waals surface area contributed by atoms with Gasteiger partial charge in [0.25, 0.3) is 0 Å². The van der Waals surface area contributed by atoms with Crippen LogP contribution in [0.5, 0.6) is 0 Å². The molecule has 0 aliphatic carbocycles. The first-order valence-corrected chi connectivity index (χ1v) is 5.70. The highest BCUT2D eigenvalue weighted by molar-refractivity contribution is 6.30. The molecule has 1 fully saturated rings. The number of halogens is 1. The summed E-state index contributed by atoms with van der Waals surface area (Å²) >= 11 is 5.84. The van der Waals surface area contributed by atoms with Gasteiger partial charge in [0.2, 0.25) is 0 Å². The van der Waals surface area contributed by atoms with Crippen molar-refractivity contribution in [3.63, 3.8) is 0 Å². The van der Waals surface area contributed by atoms with Crippen LogP contribution in [0.2, 0.25) is 5.02 Å². The second-order valence-electron chi connectivity index (χ2n) is 4.13. The van der Waals surface area contributed by atoms with E-state index in [4.69, 9.17) is 16.3 Å². The van der Waals surface area contributed by atoms with Crippen LogP contribution in [0.25, 0.3) is 0 Å². The van der Waals surface area contributed by atoms with E-state index in [2.05, 4.69) is 24.4 Å². The molecule has 0 radical (unpaired) electrons. The molecule has 1 aliphatic rings. The minimum atomic E-state index is 0.426. The lowest BCUT2D eigenvalue weighted by molar-refractivity contribution is 0.0508. The van der Waals surface area contributed by atoms with E-state index in [0.717, 1.165) is 24.7 Å². The number of rotatable bonds is 2. The molecule has 2 unspecified atom stereocenters. The zero-order valence-electron chi connectivity index (χ0n) is 8.87. The van der Waals surface area contributed by atoms with Crippen LogP contribution < -0.4 is 5.32 Å². The first-order valence-electron chi connectivity index (χ1n) is 5.32. The number of hydrogen-bond acceptors (Lipinski definition) is 2. The molecule has 0 saturated carbocycles. The molecule has 0 spiro atoms. The highest BCUT2D eigenvalue weighted by Gasteiger charge is 2.18. The van der Waals surface area contributed by atoms with Crippen molar-refractivity contribution in [2.24, 2.45) is 0 Å². The van der Waals surface area contributed by atoms with Crippen molar-refractivity contribution in [3.05, 3.63) is 34.9 Å². The number of benzene rings is 1. The molecule has 1 saturated heterocycles. The molecule has 1 aliphatic heterocycles. The van der Waals surface area contributed by atoms with Crippen molar-refractivity contribution in [2.45, 2.75) is 25.4 Å². The summed E-state index contributed by atoms with van der Waals surface area (Å²) in [6.45, 7) is 3.76. The second kappa shape index (κ2) is 4.97. The maximum atomic E-state index is 5.84. The van der Waals surface area contributed by atoms with Gasteiger partial charge in [0.05, 0.1) is 13.2 Å². The Hall–Kier alpha value is -0.570. The van der Waals surface area contributed by atoms with Gasteiger partial charge in [-0.25, -0.2) is 0 Å². The monoisotopic (exact) mass is 225 g/mol. The van der Waals surface area contributed by atoms with Crippen molar-refractivity contribution in [3.8, 4) is 0 Å². The topological polar surface area (TPSA) is 21.3 Å². The Morgan fingerprint density at radius 2 is 2.07 bits per heavy atom. The summed E-state index contributed by atoms with van der Waals surface area (Å²) in [7, 11) is 0. The first kappa shape index (κ1) is 10.9. The predicted molar refractivity (Wildman–Crippen MR) is 62.4 cm³/mol. The number of ether oxygens (including phenoxy) is 1. The van der Waals surface area contributed by atoms with Crippen molar-refractivity contribution >= 4 is 11.6 Å². The Bertz CT molecular complexity index is 312. The van der Waals surface area contributed by atoms with E-state index >= 15 is 0 Å². The van der Waals surface area contributed by atoms with Gasteiger partial charge in [-0.1, -0.05) is 23.7 Å². The van der Waals surface area contributed by atoms with Crippen LogP contribution in [0.1, 0.15) is 12.5 Å². The summed E-state index contributed by atoms with van der Waals surface area (Å²) in [5.74, 6) is 0. The van der Waals surface area contributed by atoms with Crippen LogP contribution in [0, 0.1) is 0 Å². The average molecular weight is 226 g/mol. The fraction of sp³-hybridized carbons (Fsp3) is 0.500. The molecule has 1 heterocycles. The molecular weight excluding hydrogens is 210 g/mol. The van der Waals surface area contributed by atoms with Crippen LogP contribution in [-0.4, -0.2) is 25.3 Å². The maximum Gasteiger partial charge on any atom is 0.0623 e. The summed E-state index contributed by atoms with van der Waals surface area (Å²) in [6.07, 6.45) is 1.00. The summed E-state index contributed by atoms with van der Waals surface area (Å²) < 4.78 is 5.50. The molecule has 82 valence electrons. The normalized spacial score (nSPS) is 26.5. The molecule has 15 heavy (non-hydrogen) atoms. The van der Waals surface area contributed by atoms with Gasteiger partial charge in [-0.15, -0.1) is 0 Å². The minimum absolute atomic E-state index is 0.426. The quantitative estimate of drug-likeness (QED) is 0.834. The van der Waals surface area contributed by atoms with Crippen molar-refractivity contribution in [1.82, 2.24) is 5.32 Å². The zero-order chi connectivity index (χ0) is 10.7. The molecule has 0 amide bonds. The fourth-order valence-electron chi connectivity index (χ4n) is 1.91. The number of hydrogen-bond donors (Lipinski definition) is 1. The highest BCUT2D eigenvalue weighted by atomic mass is 35.5. The third-order valence-electron chi connectivity index (χ3n) is 2.60. The lowest BCUT2D eigenvalue weighted by Crippen LogP contribution is -2.48. The van der Waals surface area contributed by atoms with Crippen LogP contribution >= 0.6 is 11.6 Å². The molecule has 2 atom stereocenters. The Kier molecular flexibility index (Phi) is 3.62. The highest BCUT2D eigenvalue weighted by Crippen LogP contribution is 2.12. The van der Waals surface area contributed by atoms with Crippen molar-refractivity contribution in [2.75, 3.05) is 13.2 Å². The van der Waals surface area contributed by atoms with Crippen LogP contribution in [0.15, 0.2) is 24.3 Å². The average Bonchev–Trinajstić information content (AvgIpc) is 2.22. The third-order valence-corrected chi connectivity index (χ3v) is 2.85. The van der Waals surface area contributed by atoms with Crippen LogP contribution in [0.4, 0.5) is 0 Å². The molecule has 1 aromatic rings. The summed E-state index contributed by atoms with van der Waals surface area (Å²) in [4.78, 5) is 0. The van der Waals surface area contributed by atoms with Crippen LogP contribution in [0.3, 0.4) is 0 Å². The molecule has 1 aromatic carbocycles. The summed E-state index contributed by atoms with van der Waals surface area (Å²) in [6, 6.07) is 8.89. The van der Waals surface area contributed by atoms with Crippen molar-refractivity contribution < 1.29 is 4.74 Å². The molecule has 2 nitrogen and oxygen atoms in total. The van der Waals surface area contributed by atoms with Gasteiger partial charge < -0.3 is 10.1 Å². The maximum absolute atomic E-state index is 5.84. The minimum Gasteiger partial charge on any atom is -0.378 e. The first-order chi connectivity index (χ1) is 7.24. The molecule has 0 bridgehead atoms. The van der Waals surface area contributed by atoms with Gasteiger partial charge in [-0.3, -0.25) is 0 Å². The SMILES string of the molecule is CC1COCC(Cc2ccc(Cl)cc2)N1. The smallest absolute Gasteiger partial charge is 0.0623 e. The Labute approximate surface area is 95.6 Å². The van der Waals surface area contributed by atoms with Gasteiger partial charge in [-0.2, -0.15) is 0 Å². The fourth-order valence-corrected chi connectivity index (χ4v) is 2.03. The predicted octanol–water partition coefficient (Wildman–Crippen LogP) is 2.26. The molecule has 3 heteroatoms. The lowest BCUT2D eigenvalue weighted by atomic mass is 10.0. The Morgan fingerprint density at radius 1 is 1.33 bits per heavy atom. The molecular formula is C12H16ClNO.